The van der Waals surface area contributed by atoms with Gasteiger partial charge in [0.15, 0.2) is 6.61 Å². The quantitative estimate of drug-likeness (QED) is 0.610. The van der Waals surface area contributed by atoms with Crippen LogP contribution in [0.3, 0.4) is 0 Å². The van der Waals surface area contributed by atoms with Gasteiger partial charge >= 0.3 is 0 Å². The van der Waals surface area contributed by atoms with E-state index >= 15 is 0 Å². The van der Waals surface area contributed by atoms with E-state index in [-0.39, 0.29) is 18.6 Å². The van der Waals surface area contributed by atoms with Crippen LogP contribution in [0.1, 0.15) is 24.5 Å². The molecule has 0 bridgehead atoms. The van der Waals surface area contributed by atoms with Crippen LogP contribution in [0.4, 0.5) is 0 Å². The summed E-state index contributed by atoms with van der Waals surface area (Å²) >= 11 is 0. The lowest BCUT2D eigenvalue weighted by Crippen LogP contribution is -2.36. The van der Waals surface area contributed by atoms with Gasteiger partial charge in [0.1, 0.15) is 5.75 Å². The topological polar surface area (TPSA) is 62.1 Å². The Morgan fingerprint density at radius 2 is 1.59 bits per heavy atom. The summed E-state index contributed by atoms with van der Waals surface area (Å²) in [7, 11) is 0. The molecule has 0 heterocycles. The number of benzene rings is 3. The Balaban J connectivity index is 1.44. The highest BCUT2D eigenvalue weighted by Gasteiger charge is 2.09. The Labute approximate surface area is 171 Å². The van der Waals surface area contributed by atoms with E-state index in [1.54, 1.807) is 12.1 Å². The van der Waals surface area contributed by atoms with Crippen LogP contribution >= 0.6 is 0 Å². The van der Waals surface area contributed by atoms with Crippen molar-refractivity contribution >= 4 is 5.91 Å². The highest BCUT2D eigenvalue weighted by Crippen LogP contribution is 2.22. The second kappa shape index (κ2) is 10.1. The van der Waals surface area contributed by atoms with E-state index in [2.05, 4.69) is 23.5 Å². The van der Waals surface area contributed by atoms with E-state index in [9.17, 15) is 4.79 Å². The minimum atomic E-state index is -0.123. The fourth-order valence-electron chi connectivity index (χ4n) is 3.05. The van der Waals surface area contributed by atoms with Gasteiger partial charge in [-0.2, -0.15) is 5.26 Å². The third-order valence-corrected chi connectivity index (χ3v) is 4.69. The standard InChI is InChI=1S/C25H24N2O2/c1-19(7-8-20-5-3-2-4-6-20)27-25(28)18-29-24-15-13-23(14-16-24)22-11-9-21(17-26)10-12-22/h2-6,9-16,19H,7-8,18H2,1H3,(H,27,28). The van der Waals surface area contributed by atoms with Gasteiger partial charge in [-0.1, -0.05) is 54.6 Å². The van der Waals surface area contributed by atoms with Crippen molar-refractivity contribution in [3.63, 3.8) is 0 Å². The smallest absolute Gasteiger partial charge is 0.258 e. The largest absolute Gasteiger partial charge is 0.484 e. The molecule has 0 aromatic heterocycles. The lowest BCUT2D eigenvalue weighted by Gasteiger charge is -2.14. The van der Waals surface area contributed by atoms with Gasteiger partial charge in [0.25, 0.3) is 5.91 Å². The number of aryl methyl sites for hydroxylation is 1. The third kappa shape index (κ3) is 6.22. The maximum Gasteiger partial charge on any atom is 0.258 e. The summed E-state index contributed by atoms with van der Waals surface area (Å²) < 4.78 is 5.60. The summed E-state index contributed by atoms with van der Waals surface area (Å²) in [5, 5.41) is 11.9. The Bertz CT molecular complexity index is 958. The molecule has 1 amide bonds. The molecule has 0 saturated heterocycles. The van der Waals surface area contributed by atoms with Crippen LogP contribution in [0.15, 0.2) is 78.9 Å². The number of nitrogens with one attached hydrogen (secondary N) is 1. The first-order chi connectivity index (χ1) is 14.1. The molecule has 0 aliphatic rings. The van der Waals surface area contributed by atoms with Crippen molar-refractivity contribution in [2.24, 2.45) is 0 Å². The minimum absolute atomic E-state index is 0.00805. The predicted octanol–water partition coefficient (Wildman–Crippen LogP) is 4.74. The minimum Gasteiger partial charge on any atom is -0.484 e. The van der Waals surface area contributed by atoms with Gasteiger partial charge in [-0.3, -0.25) is 4.79 Å². The normalized spacial score (nSPS) is 11.3. The molecule has 3 aromatic carbocycles. The predicted molar refractivity (Wildman–Crippen MR) is 114 cm³/mol. The monoisotopic (exact) mass is 384 g/mol. The Morgan fingerprint density at radius 3 is 2.21 bits per heavy atom. The summed E-state index contributed by atoms with van der Waals surface area (Å²) in [5.74, 6) is 0.524. The van der Waals surface area contributed by atoms with Crippen LogP contribution in [0.5, 0.6) is 5.75 Å². The average Bonchev–Trinajstić information content (AvgIpc) is 2.77. The summed E-state index contributed by atoms with van der Waals surface area (Å²) in [6.07, 6.45) is 1.81. The van der Waals surface area contributed by atoms with Crippen LogP contribution < -0.4 is 10.1 Å². The zero-order chi connectivity index (χ0) is 20.5. The summed E-state index contributed by atoms with van der Waals surface area (Å²) in [4.78, 5) is 12.1. The molecule has 29 heavy (non-hydrogen) atoms. The summed E-state index contributed by atoms with van der Waals surface area (Å²) in [5.41, 5.74) is 3.96. The van der Waals surface area contributed by atoms with Gasteiger partial charge in [0.05, 0.1) is 11.6 Å². The number of amides is 1. The van der Waals surface area contributed by atoms with Gasteiger partial charge < -0.3 is 10.1 Å². The number of carbonyl (C=O) groups is 1. The molecule has 3 rings (SSSR count). The molecule has 0 aliphatic heterocycles. The van der Waals surface area contributed by atoms with Crippen LogP contribution in [0.2, 0.25) is 0 Å². The maximum atomic E-state index is 12.1. The van der Waals surface area contributed by atoms with Gasteiger partial charge in [-0.05, 0) is 60.7 Å². The zero-order valence-electron chi connectivity index (χ0n) is 16.5. The second-order valence-corrected chi connectivity index (χ2v) is 7.00. The van der Waals surface area contributed by atoms with E-state index in [0.717, 1.165) is 24.0 Å². The van der Waals surface area contributed by atoms with Gasteiger partial charge in [0, 0.05) is 6.04 Å². The van der Waals surface area contributed by atoms with E-state index in [0.29, 0.717) is 11.3 Å². The van der Waals surface area contributed by atoms with Crippen LogP contribution in [0, 0.1) is 11.3 Å². The molecule has 0 fully saturated rings. The first-order valence-electron chi connectivity index (χ1n) is 9.71. The lowest BCUT2D eigenvalue weighted by molar-refractivity contribution is -0.123. The fraction of sp³-hybridized carbons (Fsp3) is 0.200. The van der Waals surface area contributed by atoms with Crippen molar-refractivity contribution in [2.75, 3.05) is 6.61 Å². The third-order valence-electron chi connectivity index (χ3n) is 4.69. The van der Waals surface area contributed by atoms with Gasteiger partial charge in [-0.25, -0.2) is 0 Å². The van der Waals surface area contributed by atoms with E-state index in [1.807, 2.05) is 61.5 Å². The van der Waals surface area contributed by atoms with E-state index < -0.39 is 0 Å². The van der Waals surface area contributed by atoms with Crippen molar-refractivity contribution < 1.29 is 9.53 Å². The zero-order valence-corrected chi connectivity index (χ0v) is 16.5. The second-order valence-electron chi connectivity index (χ2n) is 7.00. The molecule has 0 spiro atoms. The number of rotatable bonds is 8. The molecule has 0 radical (unpaired) electrons. The highest BCUT2D eigenvalue weighted by atomic mass is 16.5. The molecule has 1 atom stereocenters. The molecule has 1 N–H and O–H groups in total. The number of hydrogen-bond donors (Lipinski definition) is 1. The van der Waals surface area contributed by atoms with Gasteiger partial charge in [0.2, 0.25) is 0 Å². The van der Waals surface area contributed by atoms with Gasteiger partial charge in [-0.15, -0.1) is 0 Å². The van der Waals surface area contributed by atoms with Crippen molar-refractivity contribution in [2.45, 2.75) is 25.8 Å². The summed E-state index contributed by atoms with van der Waals surface area (Å²) in [6, 6.07) is 27.4. The Hall–Kier alpha value is -3.58. The summed E-state index contributed by atoms with van der Waals surface area (Å²) in [6.45, 7) is 2.00. The maximum absolute atomic E-state index is 12.1. The Morgan fingerprint density at radius 1 is 0.966 bits per heavy atom. The molecule has 1 unspecified atom stereocenters. The number of nitrogens with zero attached hydrogens (tertiary/aromatic N) is 1. The first kappa shape index (κ1) is 20.2. The number of carbonyl (C=O) groups excluding carboxylic acids is 1. The van der Waals surface area contributed by atoms with Crippen LogP contribution in [-0.4, -0.2) is 18.6 Å². The number of nitriles is 1. The molecule has 0 saturated carbocycles. The molecule has 4 heteroatoms. The molecule has 0 aliphatic carbocycles. The molecule has 4 nitrogen and oxygen atoms in total. The van der Waals surface area contributed by atoms with Crippen molar-refractivity contribution in [3.05, 3.63) is 90.0 Å². The van der Waals surface area contributed by atoms with Crippen molar-refractivity contribution in [1.82, 2.24) is 5.32 Å². The fourth-order valence-corrected chi connectivity index (χ4v) is 3.05. The number of hydrogen-bond acceptors (Lipinski definition) is 3. The van der Waals surface area contributed by atoms with Crippen molar-refractivity contribution in [1.29, 1.82) is 5.26 Å². The Kier molecular flexibility index (Phi) is 7.02. The molecule has 3 aromatic rings. The lowest BCUT2D eigenvalue weighted by atomic mass is 10.0. The number of ether oxygens (including phenoxy) is 1. The van der Waals surface area contributed by atoms with Crippen LogP contribution in [-0.2, 0) is 11.2 Å². The van der Waals surface area contributed by atoms with E-state index in [1.165, 1.54) is 5.56 Å². The van der Waals surface area contributed by atoms with Crippen LogP contribution in [0.25, 0.3) is 11.1 Å². The van der Waals surface area contributed by atoms with E-state index in [4.69, 9.17) is 10.00 Å². The first-order valence-corrected chi connectivity index (χ1v) is 9.71. The molecular formula is C25H24N2O2. The molecule has 146 valence electrons. The van der Waals surface area contributed by atoms with Crippen molar-refractivity contribution in [3.8, 4) is 22.9 Å². The SMILES string of the molecule is CC(CCc1ccccc1)NC(=O)COc1ccc(-c2ccc(C#N)cc2)cc1. The molecular weight excluding hydrogens is 360 g/mol. The average molecular weight is 384 g/mol. The highest BCUT2D eigenvalue weighted by molar-refractivity contribution is 5.77.